The number of hydrogen-bond acceptors (Lipinski definition) is 11. The van der Waals surface area contributed by atoms with Crippen molar-refractivity contribution in [3.63, 3.8) is 0 Å². The number of imide groups is 1. The van der Waals surface area contributed by atoms with E-state index in [4.69, 9.17) is 5.73 Å². The van der Waals surface area contributed by atoms with Gasteiger partial charge in [0.05, 0.1) is 17.1 Å². The Bertz CT molecular complexity index is 3680. The van der Waals surface area contributed by atoms with Crippen LogP contribution >= 0.6 is 7.60 Å². The highest BCUT2D eigenvalue weighted by Gasteiger charge is 2.47. The molecule has 5 atom stereocenters. The molecule has 3 saturated heterocycles. The number of nitrogens with zero attached hydrogens (tertiary/aromatic N) is 5. The molecule has 4 aliphatic rings. The minimum Gasteiger partial charge on any atom is -0.370 e. The van der Waals surface area contributed by atoms with Gasteiger partial charge in [-0.3, -0.25) is 61.7 Å². The minimum atomic E-state index is -5.13. The number of benzene rings is 4. The lowest BCUT2D eigenvalue weighted by Gasteiger charge is -2.39. The summed E-state index contributed by atoms with van der Waals surface area (Å²) in [6.07, 6.45) is 4.95. The summed E-state index contributed by atoms with van der Waals surface area (Å²) in [4.78, 5) is 163. The lowest BCUT2D eigenvalue weighted by atomic mass is 9.78. The van der Waals surface area contributed by atoms with Crippen molar-refractivity contribution in [2.45, 2.75) is 120 Å². The van der Waals surface area contributed by atoms with Gasteiger partial charge in [0.1, 0.15) is 29.9 Å². The van der Waals surface area contributed by atoms with E-state index < -0.39 is 84.8 Å². The molecular weight excluding hydrogens is 1110 g/mol. The number of likely N-dealkylation sites (tertiary alicyclic amines) is 1. The van der Waals surface area contributed by atoms with Crippen LogP contribution < -0.4 is 27.4 Å². The fourth-order valence-corrected chi connectivity index (χ4v) is 13.3. The molecule has 1 aliphatic carbocycles. The predicted octanol–water partition coefficient (Wildman–Crippen LogP) is 4.24. The number of primary amides is 1. The van der Waals surface area contributed by atoms with Crippen LogP contribution in [0, 0.1) is 11.8 Å². The highest BCUT2D eigenvalue weighted by Crippen LogP contribution is 2.40. The molecule has 24 heteroatoms. The summed E-state index contributed by atoms with van der Waals surface area (Å²) in [5, 5.41) is 8.96. The number of nitrogens with two attached hydrogens (primary N) is 1. The fraction of sp³-hybridized carbons (Fsp3) is 0.410. The van der Waals surface area contributed by atoms with E-state index in [1.807, 2.05) is 78.9 Å². The summed E-state index contributed by atoms with van der Waals surface area (Å²) < 4.78 is 14.8. The molecule has 0 radical (unpaired) electrons. The van der Waals surface area contributed by atoms with E-state index in [2.05, 4.69) is 20.9 Å². The molecule has 85 heavy (non-hydrogen) atoms. The average molecular weight is 1180 g/mol. The van der Waals surface area contributed by atoms with Crippen molar-refractivity contribution >= 4 is 82.3 Å². The van der Waals surface area contributed by atoms with E-state index in [1.165, 1.54) is 45.3 Å². The number of piperidine rings is 1. The van der Waals surface area contributed by atoms with E-state index >= 15 is 4.79 Å². The number of aromatic amines is 1. The van der Waals surface area contributed by atoms with Crippen molar-refractivity contribution in [3.05, 3.63) is 142 Å². The molecule has 4 aromatic carbocycles. The van der Waals surface area contributed by atoms with Crippen LogP contribution in [0.5, 0.6) is 0 Å². The molecule has 5 heterocycles. The molecule has 23 nitrogen and oxygen atoms in total. The van der Waals surface area contributed by atoms with Crippen LogP contribution in [-0.2, 0) is 51.6 Å². The number of aryl methyl sites for hydroxylation is 1. The van der Waals surface area contributed by atoms with Gasteiger partial charge in [-0.1, -0.05) is 66.7 Å². The van der Waals surface area contributed by atoms with Gasteiger partial charge in [-0.05, 0) is 129 Å². The molecule has 4 fully saturated rings. The Kier molecular flexibility index (Phi) is 17.5. The van der Waals surface area contributed by atoms with Crippen molar-refractivity contribution in [2.24, 2.45) is 24.6 Å². The van der Waals surface area contributed by atoms with Crippen molar-refractivity contribution in [1.29, 1.82) is 0 Å². The van der Waals surface area contributed by atoms with Gasteiger partial charge in [0.15, 0.2) is 0 Å². The lowest BCUT2D eigenvalue weighted by molar-refractivity contribution is -0.149. The SMILES string of the molecule is CN1C(=O)CCC(n2c(=O)n(C)c3cc(CC4CCC(CC(=O)N5CC[C@H]6CC[C@@H](C(=O)N[C@@H](CCC(N)=O)C(=O)NC(c7ccccc7)c7ccccc7)N6C(=O)[C@@H](NC(=O)c6cc7cc(C(=O)P(=O)(O)O)ccc7[nH]6)C5)CC4)ccc32)C1=O. The Balaban J connectivity index is 0.844. The average Bonchev–Trinajstić information content (AvgIpc) is 4.22. The molecule has 0 spiro atoms. The normalized spacial score (nSPS) is 21.6. The number of fused-ring (bicyclic) bond motifs is 3. The zero-order chi connectivity index (χ0) is 60.4. The maximum absolute atomic E-state index is 15.2. The first-order valence-electron chi connectivity index (χ1n) is 28.8. The Morgan fingerprint density at radius 2 is 1.44 bits per heavy atom. The van der Waals surface area contributed by atoms with E-state index in [0.717, 1.165) is 53.7 Å². The number of imidazole rings is 1. The zero-order valence-corrected chi connectivity index (χ0v) is 48.1. The molecule has 6 aromatic rings. The lowest BCUT2D eigenvalue weighted by Crippen LogP contribution is -2.62. The second-order valence-electron chi connectivity index (χ2n) is 23.0. The second-order valence-corrected chi connectivity index (χ2v) is 24.5. The van der Waals surface area contributed by atoms with Gasteiger partial charge in [0, 0.05) is 69.0 Å². The molecule has 8 N–H and O–H groups in total. The molecular formula is C61H69N10O13P. The smallest absolute Gasteiger partial charge is 0.370 e. The van der Waals surface area contributed by atoms with Gasteiger partial charge in [0.2, 0.25) is 35.4 Å². The quantitative estimate of drug-likeness (QED) is 0.0468. The zero-order valence-electron chi connectivity index (χ0n) is 47.2. The first-order chi connectivity index (χ1) is 40.6. The molecule has 3 aliphatic heterocycles. The third-order valence-corrected chi connectivity index (χ3v) is 18.2. The monoisotopic (exact) mass is 1180 g/mol. The van der Waals surface area contributed by atoms with Crippen LogP contribution in [0.25, 0.3) is 21.9 Å². The van der Waals surface area contributed by atoms with Gasteiger partial charge >= 0.3 is 13.3 Å². The Morgan fingerprint density at radius 3 is 2.11 bits per heavy atom. The van der Waals surface area contributed by atoms with Crippen LogP contribution in [0.3, 0.4) is 0 Å². The summed E-state index contributed by atoms with van der Waals surface area (Å²) in [7, 11) is -2.03. The third kappa shape index (κ3) is 12.9. The topological polar surface area (TPSA) is 326 Å². The maximum Gasteiger partial charge on any atom is 0.396 e. The highest BCUT2D eigenvalue weighted by molar-refractivity contribution is 7.70. The predicted molar refractivity (Wildman–Crippen MR) is 311 cm³/mol. The molecule has 10 rings (SSSR count). The molecule has 446 valence electrons. The second kappa shape index (κ2) is 25.0. The number of rotatable bonds is 18. The van der Waals surface area contributed by atoms with Gasteiger partial charge in [-0.25, -0.2) is 4.79 Å². The first-order valence-corrected chi connectivity index (χ1v) is 30.4. The van der Waals surface area contributed by atoms with E-state index in [-0.39, 0.29) is 97.6 Å². The maximum atomic E-state index is 15.2. The number of amides is 8. The molecule has 0 bridgehead atoms. The van der Waals surface area contributed by atoms with Crippen molar-refractivity contribution in [1.82, 2.24) is 44.8 Å². The highest BCUT2D eigenvalue weighted by atomic mass is 31.2. The van der Waals surface area contributed by atoms with Gasteiger partial charge < -0.3 is 46.3 Å². The largest absolute Gasteiger partial charge is 0.396 e. The van der Waals surface area contributed by atoms with E-state index in [0.29, 0.717) is 29.4 Å². The number of aromatic nitrogens is 3. The van der Waals surface area contributed by atoms with Gasteiger partial charge in [-0.15, -0.1) is 0 Å². The van der Waals surface area contributed by atoms with Crippen LogP contribution in [0.15, 0.2) is 108 Å². The molecule has 8 amide bonds. The van der Waals surface area contributed by atoms with Crippen molar-refractivity contribution < 1.29 is 57.5 Å². The Morgan fingerprint density at radius 1 is 0.753 bits per heavy atom. The first kappa shape index (κ1) is 59.6. The van der Waals surface area contributed by atoms with Crippen molar-refractivity contribution in [2.75, 3.05) is 20.1 Å². The van der Waals surface area contributed by atoms with Crippen LogP contribution in [-0.4, -0.2) is 136 Å². The number of likely N-dealkylation sites (N-methyl/N-ethyl adjacent to an activating group) is 1. The van der Waals surface area contributed by atoms with Crippen LogP contribution in [0.2, 0.25) is 0 Å². The Hall–Kier alpha value is -8.53. The number of carbonyl (C=O) groups excluding carboxylic acids is 9. The van der Waals surface area contributed by atoms with Crippen LogP contribution in [0.4, 0.5) is 0 Å². The summed E-state index contributed by atoms with van der Waals surface area (Å²) in [6.45, 7) is -0.0650. The minimum absolute atomic E-state index is 0.0217. The number of H-pyrrole nitrogens is 1. The fourth-order valence-electron chi connectivity index (χ4n) is 12.8. The van der Waals surface area contributed by atoms with Gasteiger partial charge in [0.25, 0.3) is 17.3 Å². The summed E-state index contributed by atoms with van der Waals surface area (Å²) in [5.41, 5.74) is 7.70. The van der Waals surface area contributed by atoms with Gasteiger partial charge in [-0.2, -0.15) is 0 Å². The summed E-state index contributed by atoms with van der Waals surface area (Å²) in [5.74, 6) is -3.96. The number of hydrogen-bond donors (Lipinski definition) is 7. The number of nitrogens with one attached hydrogen (secondary N) is 4. The molecule has 1 unspecified atom stereocenters. The molecule has 2 aromatic heterocycles. The molecule has 1 saturated carbocycles. The van der Waals surface area contributed by atoms with E-state index in [1.54, 1.807) is 11.9 Å². The number of carbonyl (C=O) groups is 9. The summed E-state index contributed by atoms with van der Waals surface area (Å²) in [6, 6.07) is 23.7. The summed E-state index contributed by atoms with van der Waals surface area (Å²) >= 11 is 0. The standard InChI is InChI=1S/C61H69N10O13P/c1-67-50-30-37(17-22-47(50)71(61(67)81)49-24-26-52(73)68(2)59(49)79)29-35-13-15-36(16-14-35)31-53(74)69-28-27-42-19-23-48(57(77)64-44(21-25-51(62)72)55(75)66-54(38-9-5-3-6-10-38)39-11-7-4-8-12-39)70(42)58(78)46(34-69)65-56(76)45-33-41-32-40(18-20-43(41)63-45)60(80)85(82,83)84/h3-12,17-18,20,22,30,32-33,35-36,42,44,46,48-49,54,63H,13-16,19,21,23-29,31,34H2,1-2H3,(H2,62,72)(H,64,77)(H,65,76)(H,66,75)(H2,82,83,84)/t35?,36?,42-,44+,46+,48+,49?/m1/s1. The van der Waals surface area contributed by atoms with Crippen LogP contribution in [0.1, 0.15) is 127 Å². The van der Waals surface area contributed by atoms with E-state index in [9.17, 15) is 57.5 Å². The Labute approximate surface area is 488 Å². The third-order valence-electron chi connectivity index (χ3n) is 17.4. The van der Waals surface area contributed by atoms with Crippen molar-refractivity contribution in [3.8, 4) is 0 Å².